The molecule has 0 aromatic heterocycles. The lowest BCUT2D eigenvalue weighted by molar-refractivity contribution is -0.0900. The second kappa shape index (κ2) is 5.08. The zero-order valence-electron chi connectivity index (χ0n) is 9.55. The van der Waals surface area contributed by atoms with Crippen molar-refractivity contribution in [2.75, 3.05) is 26.3 Å². The molecule has 1 atom stereocenters. The zero-order valence-corrected chi connectivity index (χ0v) is 9.55. The third kappa shape index (κ3) is 2.92. The summed E-state index contributed by atoms with van der Waals surface area (Å²) in [5.41, 5.74) is -0.964. The van der Waals surface area contributed by atoms with Crippen molar-refractivity contribution in [2.24, 2.45) is 0 Å². The van der Waals surface area contributed by atoms with Gasteiger partial charge in [0.2, 0.25) is 0 Å². The maximum absolute atomic E-state index is 13.6. The predicted octanol–water partition coefficient (Wildman–Crippen LogP) is 2.24. The fourth-order valence-electron chi connectivity index (χ4n) is 1.98. The Hall–Kier alpha value is -0.150. The molecule has 0 saturated carbocycles. The Morgan fingerprint density at radius 1 is 1.36 bits per heavy atom. The summed E-state index contributed by atoms with van der Waals surface area (Å²) in [4.78, 5) is 2.23. The van der Waals surface area contributed by atoms with Gasteiger partial charge in [0.15, 0.2) is 0 Å². The van der Waals surface area contributed by atoms with Gasteiger partial charge in [0.1, 0.15) is 5.67 Å². The van der Waals surface area contributed by atoms with Crippen LogP contribution < -0.4 is 0 Å². The van der Waals surface area contributed by atoms with Crippen molar-refractivity contribution in [2.45, 2.75) is 45.3 Å². The van der Waals surface area contributed by atoms with Crippen LogP contribution in [0.5, 0.6) is 0 Å². The van der Waals surface area contributed by atoms with Gasteiger partial charge in [-0.15, -0.1) is 0 Å². The first-order chi connectivity index (χ1) is 6.67. The molecule has 0 radical (unpaired) electrons. The largest absolute Gasteiger partial charge is 0.378 e. The summed E-state index contributed by atoms with van der Waals surface area (Å²) in [6.07, 6.45) is 1.71. The van der Waals surface area contributed by atoms with Gasteiger partial charge in [-0.2, -0.15) is 0 Å². The Bertz CT molecular complexity index is 169. The number of hydrogen-bond acceptors (Lipinski definition) is 2. The number of alkyl halides is 1. The van der Waals surface area contributed by atoms with Gasteiger partial charge in [0.25, 0.3) is 0 Å². The highest BCUT2D eigenvalue weighted by Gasteiger charge is 2.36. The number of piperidine rings is 1. The minimum absolute atomic E-state index is 0.500. The fraction of sp³-hybridized carbons (Fsp3) is 1.00. The minimum Gasteiger partial charge on any atom is -0.378 e. The first-order valence-electron chi connectivity index (χ1n) is 5.68. The summed E-state index contributed by atoms with van der Waals surface area (Å²) in [6, 6.07) is 0.500. The van der Waals surface area contributed by atoms with Gasteiger partial charge < -0.3 is 4.74 Å². The Labute approximate surface area is 86.4 Å². The Balaban J connectivity index is 0.000000461. The number of rotatable bonds is 1. The molecule has 2 saturated heterocycles. The van der Waals surface area contributed by atoms with Crippen molar-refractivity contribution in [1.82, 2.24) is 4.90 Å². The van der Waals surface area contributed by atoms with Crippen LogP contribution in [0.15, 0.2) is 0 Å². The van der Waals surface area contributed by atoms with Gasteiger partial charge in [-0.25, -0.2) is 4.39 Å². The maximum atomic E-state index is 13.6. The number of likely N-dealkylation sites (tertiary alicyclic amines) is 1. The summed E-state index contributed by atoms with van der Waals surface area (Å²) >= 11 is 0. The lowest BCUT2D eigenvalue weighted by Gasteiger charge is -2.43. The first-order valence-corrected chi connectivity index (χ1v) is 5.68. The van der Waals surface area contributed by atoms with E-state index in [1.54, 1.807) is 6.92 Å². The van der Waals surface area contributed by atoms with Gasteiger partial charge in [-0.05, 0) is 26.3 Å². The van der Waals surface area contributed by atoms with E-state index in [-0.39, 0.29) is 0 Å². The summed E-state index contributed by atoms with van der Waals surface area (Å²) in [6.45, 7) is 8.96. The lowest BCUT2D eigenvalue weighted by atomic mass is 9.95. The predicted molar refractivity (Wildman–Crippen MR) is 56.3 cm³/mol. The first kappa shape index (κ1) is 11.9. The average molecular weight is 203 g/mol. The van der Waals surface area contributed by atoms with E-state index in [0.29, 0.717) is 12.6 Å². The van der Waals surface area contributed by atoms with Crippen LogP contribution in [-0.4, -0.2) is 42.9 Å². The molecule has 3 heteroatoms. The van der Waals surface area contributed by atoms with E-state index in [2.05, 4.69) is 4.90 Å². The van der Waals surface area contributed by atoms with E-state index < -0.39 is 5.67 Å². The highest BCUT2D eigenvalue weighted by atomic mass is 19.1. The van der Waals surface area contributed by atoms with Crippen molar-refractivity contribution >= 4 is 0 Å². The summed E-state index contributed by atoms with van der Waals surface area (Å²) in [5.74, 6) is 0. The molecule has 2 aliphatic heterocycles. The normalized spacial score (nSPS) is 34.3. The fourth-order valence-corrected chi connectivity index (χ4v) is 1.98. The van der Waals surface area contributed by atoms with Crippen LogP contribution in [0.3, 0.4) is 0 Å². The second-order valence-electron chi connectivity index (χ2n) is 4.18. The molecule has 0 spiro atoms. The summed E-state index contributed by atoms with van der Waals surface area (Å²) in [5, 5.41) is 0. The van der Waals surface area contributed by atoms with Crippen LogP contribution in [-0.2, 0) is 4.74 Å². The Kier molecular flexibility index (Phi) is 4.32. The minimum atomic E-state index is -0.964. The molecule has 2 nitrogen and oxygen atoms in total. The van der Waals surface area contributed by atoms with Crippen molar-refractivity contribution < 1.29 is 9.13 Å². The molecule has 14 heavy (non-hydrogen) atoms. The Morgan fingerprint density at radius 2 is 2.00 bits per heavy atom. The van der Waals surface area contributed by atoms with E-state index in [9.17, 15) is 4.39 Å². The van der Waals surface area contributed by atoms with Crippen molar-refractivity contribution in [1.29, 1.82) is 0 Å². The third-order valence-electron chi connectivity index (χ3n) is 2.81. The molecule has 0 amide bonds. The van der Waals surface area contributed by atoms with E-state index in [4.69, 9.17) is 4.74 Å². The SMILES string of the molecule is CC.CC1(F)CCCN(C2COC2)C1. The van der Waals surface area contributed by atoms with Gasteiger partial charge in [-0.3, -0.25) is 4.90 Å². The quantitative estimate of drug-likeness (QED) is 0.648. The smallest absolute Gasteiger partial charge is 0.120 e. The number of halogens is 1. The highest BCUT2D eigenvalue weighted by Crippen LogP contribution is 2.27. The van der Waals surface area contributed by atoms with Crippen molar-refractivity contribution in [3.05, 3.63) is 0 Å². The number of nitrogens with zero attached hydrogens (tertiary/aromatic N) is 1. The Morgan fingerprint density at radius 3 is 2.43 bits per heavy atom. The molecule has 2 rings (SSSR count). The lowest BCUT2D eigenvalue weighted by Crippen LogP contribution is -2.55. The zero-order chi connectivity index (χ0) is 10.6. The topological polar surface area (TPSA) is 12.5 Å². The van der Waals surface area contributed by atoms with E-state index in [1.165, 1.54) is 0 Å². The molecular formula is C11H22FNO. The van der Waals surface area contributed by atoms with Crippen molar-refractivity contribution in [3.63, 3.8) is 0 Å². The third-order valence-corrected chi connectivity index (χ3v) is 2.81. The molecule has 0 aromatic carbocycles. The molecule has 2 aliphatic rings. The number of ether oxygens (including phenoxy) is 1. The van der Waals surface area contributed by atoms with Crippen LogP contribution >= 0.6 is 0 Å². The van der Waals surface area contributed by atoms with Crippen LogP contribution in [0, 0.1) is 0 Å². The summed E-state index contributed by atoms with van der Waals surface area (Å²) < 4.78 is 18.7. The van der Waals surface area contributed by atoms with Crippen LogP contribution in [0.1, 0.15) is 33.6 Å². The number of hydrogen-bond donors (Lipinski definition) is 0. The molecule has 2 heterocycles. The molecule has 0 aliphatic carbocycles. The standard InChI is InChI=1S/C9H16FNO.C2H6/c1-9(10)3-2-4-11(7-9)8-5-12-6-8;1-2/h8H,2-7H2,1H3;1-2H3. The monoisotopic (exact) mass is 203 g/mol. The van der Waals surface area contributed by atoms with Gasteiger partial charge in [-0.1, -0.05) is 13.8 Å². The molecule has 0 N–H and O–H groups in total. The molecule has 84 valence electrons. The van der Waals surface area contributed by atoms with E-state index >= 15 is 0 Å². The molecular weight excluding hydrogens is 181 g/mol. The van der Waals surface area contributed by atoms with Gasteiger partial charge in [0.05, 0.1) is 19.3 Å². The molecule has 0 aromatic rings. The van der Waals surface area contributed by atoms with E-state index in [1.807, 2.05) is 13.8 Å². The van der Waals surface area contributed by atoms with Gasteiger partial charge >= 0.3 is 0 Å². The van der Waals surface area contributed by atoms with Crippen molar-refractivity contribution in [3.8, 4) is 0 Å². The molecule has 1 unspecified atom stereocenters. The van der Waals surface area contributed by atoms with E-state index in [0.717, 1.165) is 32.6 Å². The van der Waals surface area contributed by atoms with Crippen LogP contribution in [0.2, 0.25) is 0 Å². The van der Waals surface area contributed by atoms with Crippen LogP contribution in [0.25, 0.3) is 0 Å². The average Bonchev–Trinajstić information content (AvgIpc) is 2.03. The maximum Gasteiger partial charge on any atom is 0.120 e. The summed E-state index contributed by atoms with van der Waals surface area (Å²) in [7, 11) is 0. The van der Waals surface area contributed by atoms with Crippen LogP contribution in [0.4, 0.5) is 4.39 Å². The second-order valence-corrected chi connectivity index (χ2v) is 4.18. The molecule has 2 fully saturated rings. The molecule has 0 bridgehead atoms. The highest BCUT2D eigenvalue weighted by molar-refractivity contribution is 4.88. The van der Waals surface area contributed by atoms with Gasteiger partial charge in [0, 0.05) is 6.54 Å².